The Bertz CT molecular complexity index is 936. The van der Waals surface area contributed by atoms with Crippen molar-refractivity contribution in [2.45, 2.75) is 11.8 Å². The Labute approximate surface area is 139 Å². The van der Waals surface area contributed by atoms with Crippen molar-refractivity contribution in [3.63, 3.8) is 0 Å². The van der Waals surface area contributed by atoms with E-state index in [1.165, 1.54) is 24.3 Å². The third-order valence-electron chi connectivity index (χ3n) is 2.90. The first-order chi connectivity index (χ1) is 11.5. The quantitative estimate of drug-likeness (QED) is 0.508. The molecule has 0 bridgehead atoms. The number of anilines is 1. The first-order valence-corrected chi connectivity index (χ1v) is 8.11. The number of hydrogen-bond acceptors (Lipinski definition) is 7. The summed E-state index contributed by atoms with van der Waals surface area (Å²) in [5.41, 5.74) is 3.18. The molecule has 24 heavy (non-hydrogen) atoms. The summed E-state index contributed by atoms with van der Waals surface area (Å²) in [6.45, 7) is 1.84. The predicted octanol–water partition coefficient (Wildman–Crippen LogP) is 2.58. The van der Waals surface area contributed by atoms with E-state index in [0.717, 1.165) is 5.56 Å². The molecule has 0 heterocycles. The van der Waals surface area contributed by atoms with Gasteiger partial charge in [0.2, 0.25) is 5.71 Å². The van der Waals surface area contributed by atoms with Crippen LogP contribution in [0.25, 0.3) is 0 Å². The number of para-hydroxylation sites is 2. The number of aryl methyl sites for hydroxylation is 1. The molecule has 120 valence electrons. The Morgan fingerprint density at radius 3 is 2.33 bits per heavy atom. The largest absolute Gasteiger partial charge is 0.377 e. The number of benzene rings is 2. The fourth-order valence-corrected chi connectivity index (χ4v) is 2.64. The summed E-state index contributed by atoms with van der Waals surface area (Å²) in [6.07, 6.45) is 0. The monoisotopic (exact) mass is 340 g/mol. The highest BCUT2D eigenvalue weighted by Crippen LogP contribution is 2.27. The molecular formula is C16H12N4O3S. The van der Waals surface area contributed by atoms with Gasteiger partial charge in [-0.15, -0.1) is 0 Å². The maximum Gasteiger partial charge on any atom is 0.339 e. The van der Waals surface area contributed by atoms with E-state index in [2.05, 4.69) is 10.5 Å². The van der Waals surface area contributed by atoms with Gasteiger partial charge in [0.1, 0.15) is 17.0 Å². The normalized spacial score (nSPS) is 10.1. The van der Waals surface area contributed by atoms with Crippen LogP contribution in [0.15, 0.2) is 58.5 Å². The van der Waals surface area contributed by atoms with Crippen molar-refractivity contribution >= 4 is 21.5 Å². The molecule has 1 N–H and O–H groups in total. The summed E-state index contributed by atoms with van der Waals surface area (Å²) in [4.78, 5) is 0.0149. The zero-order chi connectivity index (χ0) is 17.6. The van der Waals surface area contributed by atoms with Crippen molar-refractivity contribution in [1.82, 2.24) is 0 Å². The van der Waals surface area contributed by atoms with Crippen LogP contribution < -0.4 is 9.61 Å². The highest BCUT2D eigenvalue weighted by Gasteiger charge is 2.18. The maximum absolute atomic E-state index is 12.3. The van der Waals surface area contributed by atoms with Crippen molar-refractivity contribution in [3.8, 4) is 17.9 Å². The van der Waals surface area contributed by atoms with Gasteiger partial charge in [0.25, 0.3) is 0 Å². The van der Waals surface area contributed by atoms with Gasteiger partial charge < -0.3 is 4.18 Å². The van der Waals surface area contributed by atoms with Gasteiger partial charge in [-0.1, -0.05) is 29.8 Å². The van der Waals surface area contributed by atoms with E-state index >= 15 is 0 Å². The van der Waals surface area contributed by atoms with Crippen molar-refractivity contribution in [1.29, 1.82) is 10.5 Å². The summed E-state index contributed by atoms with van der Waals surface area (Å²) in [7, 11) is -4.02. The Kier molecular flexibility index (Phi) is 5.15. The second kappa shape index (κ2) is 7.27. The second-order valence-electron chi connectivity index (χ2n) is 4.64. The molecule has 0 atom stereocenters. The summed E-state index contributed by atoms with van der Waals surface area (Å²) in [5, 5.41) is 20.9. The Hall–Kier alpha value is -3.36. The van der Waals surface area contributed by atoms with Crippen LogP contribution in [0.5, 0.6) is 5.75 Å². The summed E-state index contributed by atoms with van der Waals surface area (Å²) in [6, 6.07) is 15.6. The van der Waals surface area contributed by atoms with Crippen LogP contribution in [-0.4, -0.2) is 14.1 Å². The van der Waals surface area contributed by atoms with E-state index in [4.69, 9.17) is 14.7 Å². The molecule has 2 aromatic rings. The standard InChI is InChI=1S/C16H12N4O3S/c1-12-6-8-14(9-7-12)24(21,22)23-16-5-3-2-4-15(16)20-19-13(10-17)11-18/h2-9,20H,1H3. The number of nitrogens with zero attached hydrogens (tertiary/aromatic N) is 3. The highest BCUT2D eigenvalue weighted by molar-refractivity contribution is 7.87. The van der Waals surface area contributed by atoms with Crippen LogP contribution in [0.2, 0.25) is 0 Å². The van der Waals surface area contributed by atoms with Crippen molar-refractivity contribution in [2.24, 2.45) is 5.10 Å². The van der Waals surface area contributed by atoms with E-state index in [1.54, 1.807) is 36.4 Å². The smallest absolute Gasteiger partial charge is 0.339 e. The molecule has 0 saturated heterocycles. The van der Waals surface area contributed by atoms with Gasteiger partial charge in [0, 0.05) is 0 Å². The zero-order valence-electron chi connectivity index (χ0n) is 12.6. The van der Waals surface area contributed by atoms with E-state index in [9.17, 15) is 8.42 Å². The average molecular weight is 340 g/mol. The zero-order valence-corrected chi connectivity index (χ0v) is 13.4. The first-order valence-electron chi connectivity index (χ1n) is 6.70. The van der Waals surface area contributed by atoms with Crippen molar-refractivity contribution in [3.05, 3.63) is 54.1 Å². The number of hydrogen-bond donors (Lipinski definition) is 1. The molecule has 0 spiro atoms. The molecule has 0 radical (unpaired) electrons. The lowest BCUT2D eigenvalue weighted by Gasteiger charge is -2.11. The summed E-state index contributed by atoms with van der Waals surface area (Å²) < 4.78 is 29.8. The maximum atomic E-state index is 12.3. The molecule has 7 nitrogen and oxygen atoms in total. The third kappa shape index (κ3) is 4.09. The van der Waals surface area contributed by atoms with Gasteiger partial charge in [-0.25, -0.2) is 0 Å². The van der Waals surface area contributed by atoms with E-state index in [1.807, 2.05) is 6.92 Å². The van der Waals surface area contributed by atoms with E-state index < -0.39 is 15.8 Å². The minimum Gasteiger partial charge on any atom is -0.377 e. The van der Waals surface area contributed by atoms with Gasteiger partial charge in [0.15, 0.2) is 5.75 Å². The molecule has 0 unspecified atom stereocenters. The predicted molar refractivity (Wildman–Crippen MR) is 87.7 cm³/mol. The van der Waals surface area contributed by atoms with Gasteiger partial charge in [0.05, 0.1) is 5.69 Å². The Morgan fingerprint density at radius 1 is 1.08 bits per heavy atom. The SMILES string of the molecule is Cc1ccc(S(=O)(=O)Oc2ccccc2NN=C(C#N)C#N)cc1. The van der Waals surface area contributed by atoms with Gasteiger partial charge in [-0.05, 0) is 31.2 Å². The van der Waals surface area contributed by atoms with Crippen LogP contribution in [0.3, 0.4) is 0 Å². The molecule has 0 aliphatic rings. The van der Waals surface area contributed by atoms with Crippen molar-refractivity contribution < 1.29 is 12.6 Å². The van der Waals surface area contributed by atoms with Crippen LogP contribution >= 0.6 is 0 Å². The molecule has 0 aromatic heterocycles. The molecule has 0 aliphatic carbocycles. The molecular weight excluding hydrogens is 328 g/mol. The molecule has 2 aromatic carbocycles. The lowest BCUT2D eigenvalue weighted by Crippen LogP contribution is -2.11. The summed E-state index contributed by atoms with van der Waals surface area (Å²) in [5.74, 6) is -0.00273. The van der Waals surface area contributed by atoms with Gasteiger partial charge in [-0.2, -0.15) is 24.0 Å². The number of nitrogens with one attached hydrogen (secondary N) is 1. The minimum atomic E-state index is -4.02. The third-order valence-corrected chi connectivity index (χ3v) is 4.14. The first kappa shape index (κ1) is 17.0. The summed E-state index contributed by atoms with van der Waals surface area (Å²) >= 11 is 0. The Balaban J connectivity index is 2.30. The van der Waals surface area contributed by atoms with Crippen LogP contribution in [0.1, 0.15) is 5.56 Å². The highest BCUT2D eigenvalue weighted by atomic mass is 32.2. The number of hydrazone groups is 1. The average Bonchev–Trinajstić information content (AvgIpc) is 2.57. The topological polar surface area (TPSA) is 115 Å². The molecule has 0 fully saturated rings. The van der Waals surface area contributed by atoms with Gasteiger partial charge >= 0.3 is 10.1 Å². The Morgan fingerprint density at radius 2 is 1.71 bits per heavy atom. The minimum absolute atomic E-state index is 0.00273. The molecule has 0 saturated carbocycles. The molecule has 2 rings (SSSR count). The van der Waals surface area contributed by atoms with Crippen LogP contribution in [0.4, 0.5) is 5.69 Å². The fourth-order valence-electron chi connectivity index (χ4n) is 1.69. The van der Waals surface area contributed by atoms with Gasteiger partial charge in [-0.3, -0.25) is 5.43 Å². The van der Waals surface area contributed by atoms with Crippen molar-refractivity contribution in [2.75, 3.05) is 5.43 Å². The fraction of sp³-hybridized carbons (Fsp3) is 0.0625. The van der Waals surface area contributed by atoms with Crippen LogP contribution in [0, 0.1) is 29.6 Å². The van der Waals surface area contributed by atoms with E-state index in [0.29, 0.717) is 0 Å². The molecule has 8 heteroatoms. The molecule has 0 amide bonds. The lowest BCUT2D eigenvalue weighted by atomic mass is 10.2. The molecule has 0 aliphatic heterocycles. The number of rotatable bonds is 5. The second-order valence-corrected chi connectivity index (χ2v) is 6.19. The van der Waals surface area contributed by atoms with Crippen LogP contribution in [-0.2, 0) is 10.1 Å². The number of nitriles is 2. The lowest BCUT2D eigenvalue weighted by molar-refractivity contribution is 0.487. The van der Waals surface area contributed by atoms with E-state index in [-0.39, 0.29) is 16.3 Å².